The minimum absolute atomic E-state index is 0.0268. The number of hydrogen-bond acceptors (Lipinski definition) is 4. The van der Waals surface area contributed by atoms with E-state index < -0.39 is 11.7 Å². The molecule has 1 atom stereocenters. The van der Waals surface area contributed by atoms with Gasteiger partial charge in [0.2, 0.25) is 5.96 Å². The Hall–Kier alpha value is -2.64. The summed E-state index contributed by atoms with van der Waals surface area (Å²) in [6, 6.07) is 10.4. The number of anilines is 1. The van der Waals surface area contributed by atoms with Gasteiger partial charge in [-0.25, -0.2) is 9.38 Å². The van der Waals surface area contributed by atoms with Gasteiger partial charge >= 0.3 is 0 Å². The summed E-state index contributed by atoms with van der Waals surface area (Å²) in [7, 11) is 1.53. The molecule has 0 radical (unpaired) electrons. The molecule has 1 amide bonds. The van der Waals surface area contributed by atoms with Crippen LogP contribution < -0.4 is 15.4 Å². The third-order valence-electron chi connectivity index (χ3n) is 4.23. The van der Waals surface area contributed by atoms with Crippen molar-refractivity contribution in [2.24, 2.45) is 4.99 Å². The maximum absolute atomic E-state index is 13.1. The third-order valence-corrected chi connectivity index (χ3v) is 4.53. The number of ether oxygens (including phenoxy) is 2. The van der Waals surface area contributed by atoms with E-state index in [2.05, 4.69) is 15.6 Å². The molecule has 28 heavy (non-hydrogen) atoms. The van der Waals surface area contributed by atoms with Gasteiger partial charge in [0.1, 0.15) is 11.6 Å². The lowest BCUT2D eigenvalue weighted by atomic mass is 10.2. The van der Waals surface area contributed by atoms with Gasteiger partial charge in [-0.15, -0.1) is 0 Å². The molecule has 1 fully saturated rings. The second-order valence-electron chi connectivity index (χ2n) is 6.26. The Labute approximate surface area is 167 Å². The quantitative estimate of drug-likeness (QED) is 0.585. The Kier molecular flexibility index (Phi) is 6.84. The van der Waals surface area contributed by atoms with Crippen LogP contribution in [0.4, 0.5) is 10.1 Å². The summed E-state index contributed by atoms with van der Waals surface area (Å²) >= 11 is 6.16. The van der Waals surface area contributed by atoms with E-state index in [1.807, 2.05) is 0 Å². The fourth-order valence-electron chi connectivity index (χ4n) is 2.75. The van der Waals surface area contributed by atoms with Crippen molar-refractivity contribution in [1.29, 1.82) is 0 Å². The van der Waals surface area contributed by atoms with Gasteiger partial charge in [-0.05, 0) is 55.3 Å². The molecular weight excluding hydrogens is 385 g/mol. The number of hydrogen-bond donors (Lipinski definition) is 2. The van der Waals surface area contributed by atoms with E-state index in [1.165, 1.54) is 31.4 Å². The summed E-state index contributed by atoms with van der Waals surface area (Å²) < 4.78 is 23.8. The highest BCUT2D eigenvalue weighted by Gasteiger charge is 2.16. The summed E-state index contributed by atoms with van der Waals surface area (Å²) in [5.74, 6) is -0.0144. The first-order valence-corrected chi connectivity index (χ1v) is 9.26. The summed E-state index contributed by atoms with van der Waals surface area (Å²) in [5.41, 5.74) is 0.956. The van der Waals surface area contributed by atoms with E-state index in [1.54, 1.807) is 18.2 Å². The molecule has 8 heteroatoms. The van der Waals surface area contributed by atoms with Gasteiger partial charge in [-0.2, -0.15) is 0 Å². The van der Waals surface area contributed by atoms with E-state index in [0.29, 0.717) is 28.6 Å². The molecule has 0 aromatic heterocycles. The summed E-state index contributed by atoms with van der Waals surface area (Å²) in [6.45, 7) is 1.13. The number of benzene rings is 2. The fourth-order valence-corrected chi connectivity index (χ4v) is 3.01. The van der Waals surface area contributed by atoms with Crippen LogP contribution in [0.25, 0.3) is 0 Å². The van der Waals surface area contributed by atoms with E-state index >= 15 is 0 Å². The highest BCUT2D eigenvalue weighted by atomic mass is 35.5. The molecule has 2 aromatic carbocycles. The maximum atomic E-state index is 13.1. The van der Waals surface area contributed by atoms with Gasteiger partial charge in [0.25, 0.3) is 5.91 Å². The highest BCUT2D eigenvalue weighted by Crippen LogP contribution is 2.27. The lowest BCUT2D eigenvalue weighted by Crippen LogP contribution is -2.36. The molecule has 1 heterocycles. The summed E-state index contributed by atoms with van der Waals surface area (Å²) in [5, 5.41) is 6.20. The number of amides is 1. The molecule has 0 spiro atoms. The smallest absolute Gasteiger partial charge is 0.257 e. The van der Waals surface area contributed by atoms with Crippen LogP contribution in [-0.2, 0) is 4.74 Å². The van der Waals surface area contributed by atoms with Crippen molar-refractivity contribution in [3.63, 3.8) is 0 Å². The van der Waals surface area contributed by atoms with Gasteiger partial charge in [0, 0.05) is 17.9 Å². The SMILES string of the molecule is COc1ccc(NC(=NC[C@@H]2CCCO2)NC(=O)c2ccc(F)cc2)cc1Cl. The first-order chi connectivity index (χ1) is 13.5. The zero-order chi connectivity index (χ0) is 19.9. The number of rotatable bonds is 5. The minimum atomic E-state index is -0.408. The highest BCUT2D eigenvalue weighted by molar-refractivity contribution is 6.32. The summed E-state index contributed by atoms with van der Waals surface area (Å²) in [4.78, 5) is 16.9. The molecule has 0 aliphatic carbocycles. The van der Waals surface area contributed by atoms with Gasteiger partial charge < -0.3 is 14.8 Å². The van der Waals surface area contributed by atoms with Crippen molar-refractivity contribution >= 4 is 29.2 Å². The lowest BCUT2D eigenvalue weighted by molar-refractivity contribution is 0.0975. The molecular formula is C20H21ClFN3O3. The molecule has 148 valence electrons. The van der Waals surface area contributed by atoms with Crippen molar-refractivity contribution < 1.29 is 18.7 Å². The lowest BCUT2D eigenvalue weighted by Gasteiger charge is -2.14. The Morgan fingerprint density at radius 2 is 2.11 bits per heavy atom. The van der Waals surface area contributed by atoms with E-state index in [4.69, 9.17) is 21.1 Å². The number of aliphatic imine (C=N–C) groups is 1. The predicted molar refractivity (Wildman–Crippen MR) is 107 cm³/mol. The molecule has 0 bridgehead atoms. The van der Waals surface area contributed by atoms with Gasteiger partial charge in [0.05, 0.1) is 24.8 Å². The zero-order valence-corrected chi connectivity index (χ0v) is 16.1. The number of carbonyl (C=O) groups excluding carboxylic acids is 1. The van der Waals surface area contributed by atoms with Gasteiger partial charge in [-0.1, -0.05) is 11.6 Å². The van der Waals surface area contributed by atoms with Crippen LogP contribution in [0.15, 0.2) is 47.5 Å². The standard InChI is InChI=1S/C20H21ClFN3O3/c1-27-18-9-8-15(11-17(18)21)24-20(23-12-16-3-2-10-28-16)25-19(26)13-4-6-14(22)7-5-13/h4-9,11,16H,2-3,10,12H2,1H3,(H2,23,24,25,26)/t16-/m0/s1. The maximum Gasteiger partial charge on any atom is 0.257 e. The number of carbonyl (C=O) groups is 1. The third kappa shape index (κ3) is 5.43. The number of halogens is 2. The Morgan fingerprint density at radius 1 is 1.32 bits per heavy atom. The van der Waals surface area contributed by atoms with E-state index in [9.17, 15) is 9.18 Å². The van der Waals surface area contributed by atoms with Gasteiger partial charge in [-0.3, -0.25) is 10.1 Å². The number of nitrogens with one attached hydrogen (secondary N) is 2. The van der Waals surface area contributed by atoms with Crippen LogP contribution in [0.5, 0.6) is 5.75 Å². The largest absolute Gasteiger partial charge is 0.495 e. The van der Waals surface area contributed by atoms with Crippen LogP contribution >= 0.6 is 11.6 Å². The minimum Gasteiger partial charge on any atom is -0.495 e. The topological polar surface area (TPSA) is 71.9 Å². The molecule has 1 aliphatic heterocycles. The van der Waals surface area contributed by atoms with Gasteiger partial charge in [0.15, 0.2) is 0 Å². The van der Waals surface area contributed by atoms with Crippen LogP contribution in [0, 0.1) is 5.82 Å². The molecule has 0 saturated carbocycles. The molecule has 0 unspecified atom stereocenters. The molecule has 6 nitrogen and oxygen atoms in total. The number of nitrogens with zero attached hydrogens (tertiary/aromatic N) is 1. The first kappa shape index (κ1) is 20.1. The monoisotopic (exact) mass is 405 g/mol. The molecule has 1 aliphatic rings. The van der Waals surface area contributed by atoms with Crippen molar-refractivity contribution in [3.8, 4) is 5.75 Å². The fraction of sp³-hybridized carbons (Fsp3) is 0.300. The second-order valence-corrected chi connectivity index (χ2v) is 6.67. The van der Waals surface area contributed by atoms with E-state index in [0.717, 1.165) is 19.4 Å². The Bertz CT molecular complexity index is 852. The van der Waals surface area contributed by atoms with Crippen molar-refractivity contribution in [2.45, 2.75) is 18.9 Å². The van der Waals surface area contributed by atoms with Crippen molar-refractivity contribution in [2.75, 3.05) is 25.6 Å². The second kappa shape index (κ2) is 9.52. The summed E-state index contributed by atoms with van der Waals surface area (Å²) in [6.07, 6.45) is 1.95. The molecule has 3 rings (SSSR count). The molecule has 2 N–H and O–H groups in total. The van der Waals surface area contributed by atoms with E-state index in [-0.39, 0.29) is 12.1 Å². The van der Waals surface area contributed by atoms with Crippen LogP contribution in [0.3, 0.4) is 0 Å². The van der Waals surface area contributed by atoms with Crippen molar-refractivity contribution in [3.05, 3.63) is 58.9 Å². The zero-order valence-electron chi connectivity index (χ0n) is 15.4. The normalized spacial score (nSPS) is 16.7. The number of methoxy groups -OCH3 is 1. The Morgan fingerprint density at radius 3 is 2.75 bits per heavy atom. The Balaban J connectivity index is 1.75. The molecule has 2 aromatic rings. The van der Waals surface area contributed by atoms with Crippen LogP contribution in [0.1, 0.15) is 23.2 Å². The molecule has 1 saturated heterocycles. The van der Waals surface area contributed by atoms with Crippen LogP contribution in [0.2, 0.25) is 5.02 Å². The predicted octanol–water partition coefficient (Wildman–Crippen LogP) is 3.86. The van der Waals surface area contributed by atoms with Crippen molar-refractivity contribution in [1.82, 2.24) is 5.32 Å². The first-order valence-electron chi connectivity index (χ1n) is 8.88. The van der Waals surface area contributed by atoms with Crippen LogP contribution in [-0.4, -0.2) is 38.2 Å². The number of guanidine groups is 1. The average molecular weight is 406 g/mol. The average Bonchev–Trinajstić information content (AvgIpc) is 3.20.